The quantitative estimate of drug-likeness (QED) is 0.841. The molecule has 0 bridgehead atoms. The average molecular weight is 333 g/mol. The van der Waals surface area contributed by atoms with Gasteiger partial charge in [-0.15, -0.1) is 11.3 Å². The van der Waals surface area contributed by atoms with Crippen molar-refractivity contribution >= 4 is 33.8 Å². The van der Waals surface area contributed by atoms with E-state index in [4.69, 9.17) is 16.9 Å². The molecule has 1 saturated heterocycles. The molecule has 0 atom stereocenters. The molecule has 4 nitrogen and oxygen atoms in total. The van der Waals surface area contributed by atoms with Crippen LogP contribution in [0.25, 0.3) is 0 Å². The van der Waals surface area contributed by atoms with Crippen molar-refractivity contribution in [2.24, 2.45) is 0 Å². The van der Waals surface area contributed by atoms with Gasteiger partial charge in [-0.05, 0) is 31.5 Å². The van der Waals surface area contributed by atoms with Gasteiger partial charge in [0.25, 0.3) is 0 Å². The van der Waals surface area contributed by atoms with E-state index in [2.05, 4.69) is 26.2 Å². The molecule has 1 fully saturated rings. The molecule has 114 valence electrons. The molecule has 1 aliphatic heterocycles. The molecule has 2 aromatic rings. The van der Waals surface area contributed by atoms with E-state index in [0.717, 1.165) is 49.1 Å². The summed E-state index contributed by atoms with van der Waals surface area (Å²) >= 11 is 7.86. The molecule has 0 saturated carbocycles. The molecule has 1 aromatic carbocycles. The minimum Gasteiger partial charge on any atom is -0.370 e. The minimum absolute atomic E-state index is 0.525. The van der Waals surface area contributed by atoms with Crippen molar-refractivity contribution in [1.29, 1.82) is 5.26 Å². The van der Waals surface area contributed by atoms with Crippen LogP contribution in [0.1, 0.15) is 17.7 Å². The molecule has 0 amide bonds. The maximum Gasteiger partial charge on any atom is 0.185 e. The van der Waals surface area contributed by atoms with Crippen LogP contribution in [-0.2, 0) is 0 Å². The second-order valence-electron chi connectivity index (χ2n) is 5.38. The molecule has 22 heavy (non-hydrogen) atoms. The van der Waals surface area contributed by atoms with Gasteiger partial charge in [0.15, 0.2) is 5.13 Å². The predicted molar refractivity (Wildman–Crippen MR) is 92.1 cm³/mol. The summed E-state index contributed by atoms with van der Waals surface area (Å²) in [6.07, 6.45) is 1.08. The highest BCUT2D eigenvalue weighted by molar-refractivity contribution is 7.13. The summed E-state index contributed by atoms with van der Waals surface area (Å²) in [4.78, 5) is 9.26. The van der Waals surface area contributed by atoms with Crippen LogP contribution in [0.2, 0.25) is 5.02 Å². The van der Waals surface area contributed by atoms with Crippen LogP contribution < -0.4 is 9.80 Å². The molecule has 2 heterocycles. The van der Waals surface area contributed by atoms with Crippen molar-refractivity contribution in [2.45, 2.75) is 13.3 Å². The lowest BCUT2D eigenvalue weighted by atomic mass is 10.2. The molecule has 3 rings (SSSR count). The summed E-state index contributed by atoms with van der Waals surface area (Å²) in [7, 11) is 0. The first-order chi connectivity index (χ1) is 10.7. The molecular formula is C16H17ClN4S. The largest absolute Gasteiger partial charge is 0.370 e. The molecule has 0 spiro atoms. The van der Waals surface area contributed by atoms with E-state index in [1.165, 1.54) is 0 Å². The zero-order chi connectivity index (χ0) is 15.5. The Balaban J connectivity index is 1.72. The summed E-state index contributed by atoms with van der Waals surface area (Å²) in [6.45, 7) is 5.92. The third kappa shape index (κ3) is 3.18. The predicted octanol–water partition coefficient (Wildman–Crippen LogP) is 3.69. The Bertz CT molecular complexity index is 706. The standard InChI is InChI=1S/C16H17ClN4S/c1-12-11-22-16(19-12)21-6-2-5-20(7-8-21)14-4-3-13(10-18)15(17)9-14/h3-4,9,11H,2,5-8H2,1H3. The fourth-order valence-electron chi connectivity index (χ4n) is 2.65. The smallest absolute Gasteiger partial charge is 0.185 e. The van der Waals surface area contributed by atoms with Crippen molar-refractivity contribution in [1.82, 2.24) is 4.98 Å². The monoisotopic (exact) mass is 332 g/mol. The number of hydrogen-bond acceptors (Lipinski definition) is 5. The van der Waals surface area contributed by atoms with Gasteiger partial charge in [-0.25, -0.2) is 4.98 Å². The van der Waals surface area contributed by atoms with Gasteiger partial charge in [0.05, 0.1) is 16.3 Å². The van der Waals surface area contributed by atoms with Gasteiger partial charge in [0, 0.05) is 37.2 Å². The first kappa shape index (κ1) is 15.1. The van der Waals surface area contributed by atoms with Crippen molar-refractivity contribution in [3.05, 3.63) is 39.9 Å². The zero-order valence-electron chi connectivity index (χ0n) is 12.4. The van der Waals surface area contributed by atoms with Gasteiger partial charge >= 0.3 is 0 Å². The number of nitriles is 1. The summed E-state index contributed by atoms with van der Waals surface area (Å²) in [5.41, 5.74) is 2.70. The van der Waals surface area contributed by atoms with E-state index in [1.807, 2.05) is 19.1 Å². The van der Waals surface area contributed by atoms with E-state index in [9.17, 15) is 0 Å². The van der Waals surface area contributed by atoms with Crippen LogP contribution in [0, 0.1) is 18.3 Å². The van der Waals surface area contributed by atoms with E-state index in [1.54, 1.807) is 17.4 Å². The Morgan fingerprint density at radius 1 is 1.23 bits per heavy atom. The Morgan fingerprint density at radius 2 is 2.00 bits per heavy atom. The highest BCUT2D eigenvalue weighted by atomic mass is 35.5. The van der Waals surface area contributed by atoms with Crippen LogP contribution in [0.5, 0.6) is 0 Å². The Morgan fingerprint density at radius 3 is 2.68 bits per heavy atom. The van der Waals surface area contributed by atoms with Crippen molar-refractivity contribution in [3.8, 4) is 6.07 Å². The molecule has 0 radical (unpaired) electrons. The highest BCUT2D eigenvalue weighted by Crippen LogP contribution is 2.26. The Kier molecular flexibility index (Phi) is 4.51. The number of aryl methyl sites for hydroxylation is 1. The second-order valence-corrected chi connectivity index (χ2v) is 6.62. The van der Waals surface area contributed by atoms with Crippen molar-refractivity contribution in [2.75, 3.05) is 36.0 Å². The SMILES string of the molecule is Cc1csc(N2CCCN(c3ccc(C#N)c(Cl)c3)CC2)n1. The molecule has 6 heteroatoms. The lowest BCUT2D eigenvalue weighted by Gasteiger charge is -2.23. The fraction of sp³-hybridized carbons (Fsp3) is 0.375. The highest BCUT2D eigenvalue weighted by Gasteiger charge is 2.18. The summed E-state index contributed by atoms with van der Waals surface area (Å²) in [5.74, 6) is 0. The van der Waals surface area contributed by atoms with Crippen molar-refractivity contribution < 1.29 is 0 Å². The molecule has 0 unspecified atom stereocenters. The molecule has 0 N–H and O–H groups in total. The maximum atomic E-state index is 8.97. The summed E-state index contributed by atoms with van der Waals surface area (Å²) in [5, 5.41) is 12.7. The number of benzene rings is 1. The van der Waals surface area contributed by atoms with Gasteiger partial charge in [0.2, 0.25) is 0 Å². The lowest BCUT2D eigenvalue weighted by Crippen LogP contribution is -2.30. The van der Waals surface area contributed by atoms with Crippen LogP contribution in [-0.4, -0.2) is 31.2 Å². The Labute approximate surface area is 139 Å². The third-order valence-electron chi connectivity index (χ3n) is 3.81. The maximum absolute atomic E-state index is 8.97. The second kappa shape index (κ2) is 6.55. The van der Waals surface area contributed by atoms with Crippen LogP contribution in [0.4, 0.5) is 10.8 Å². The van der Waals surface area contributed by atoms with Gasteiger partial charge in [-0.1, -0.05) is 11.6 Å². The number of nitrogens with zero attached hydrogens (tertiary/aromatic N) is 4. The number of thiazole rings is 1. The average Bonchev–Trinajstić information content (AvgIpc) is 2.81. The third-order valence-corrected chi connectivity index (χ3v) is 5.14. The van der Waals surface area contributed by atoms with Crippen LogP contribution in [0.15, 0.2) is 23.6 Å². The topological polar surface area (TPSA) is 43.2 Å². The minimum atomic E-state index is 0.525. The van der Waals surface area contributed by atoms with Crippen LogP contribution in [0.3, 0.4) is 0 Å². The number of hydrogen-bond donors (Lipinski definition) is 0. The van der Waals surface area contributed by atoms with Gasteiger partial charge in [-0.2, -0.15) is 5.26 Å². The van der Waals surface area contributed by atoms with Gasteiger partial charge < -0.3 is 9.80 Å². The fourth-order valence-corrected chi connectivity index (χ4v) is 3.72. The lowest BCUT2D eigenvalue weighted by molar-refractivity contribution is 0.803. The molecule has 1 aromatic heterocycles. The van der Waals surface area contributed by atoms with Crippen LogP contribution >= 0.6 is 22.9 Å². The first-order valence-electron chi connectivity index (χ1n) is 7.29. The number of halogens is 1. The van der Waals surface area contributed by atoms with E-state index in [0.29, 0.717) is 10.6 Å². The Hall–Kier alpha value is -1.77. The summed E-state index contributed by atoms with van der Waals surface area (Å²) in [6, 6.07) is 7.77. The van der Waals surface area contributed by atoms with Gasteiger partial charge in [0.1, 0.15) is 6.07 Å². The van der Waals surface area contributed by atoms with E-state index < -0.39 is 0 Å². The zero-order valence-corrected chi connectivity index (χ0v) is 14.0. The van der Waals surface area contributed by atoms with Gasteiger partial charge in [-0.3, -0.25) is 0 Å². The van der Waals surface area contributed by atoms with Crippen molar-refractivity contribution in [3.63, 3.8) is 0 Å². The van der Waals surface area contributed by atoms with E-state index >= 15 is 0 Å². The number of aromatic nitrogens is 1. The number of rotatable bonds is 2. The molecule has 1 aliphatic rings. The first-order valence-corrected chi connectivity index (χ1v) is 8.55. The normalized spacial score (nSPS) is 15.5. The number of anilines is 2. The van der Waals surface area contributed by atoms with E-state index in [-0.39, 0.29) is 0 Å². The molecular weight excluding hydrogens is 316 g/mol. The summed E-state index contributed by atoms with van der Waals surface area (Å²) < 4.78 is 0. The molecule has 0 aliphatic carbocycles.